The maximum Gasteiger partial charge on any atom is 0.232 e. The third kappa shape index (κ3) is 6.22. The molecule has 0 bridgehead atoms. The number of carbonyl (C=O) groups is 1. The molecule has 1 aromatic heterocycles. The predicted molar refractivity (Wildman–Crippen MR) is 122 cm³/mol. The summed E-state index contributed by atoms with van der Waals surface area (Å²) in [6, 6.07) is 8.45. The Morgan fingerprint density at radius 1 is 1.20 bits per heavy atom. The molecule has 1 fully saturated rings. The monoisotopic (exact) mass is 431 g/mol. The largest absolute Gasteiger partial charge is 0.378 e. The lowest BCUT2D eigenvalue weighted by Gasteiger charge is -2.28. The molecule has 3 rings (SSSR count). The number of carbonyl (C=O) groups excluding carboxylic acids is 1. The molecule has 0 radical (unpaired) electrons. The molecular weight excluding hydrogens is 398 g/mol. The molecule has 1 atom stereocenters. The lowest BCUT2D eigenvalue weighted by atomic mass is 10.0. The van der Waals surface area contributed by atoms with Crippen LogP contribution in [0.5, 0.6) is 0 Å². The first-order valence-corrected chi connectivity index (χ1v) is 11.7. The zero-order chi connectivity index (χ0) is 21.5. The number of benzene rings is 1. The van der Waals surface area contributed by atoms with E-state index in [1.54, 1.807) is 0 Å². The molecular formula is C22H33N5O2S. The normalized spacial score (nSPS) is 15.4. The highest BCUT2D eigenvalue weighted by Gasteiger charge is 2.22. The van der Waals surface area contributed by atoms with Crippen molar-refractivity contribution in [2.24, 2.45) is 5.92 Å². The van der Waals surface area contributed by atoms with E-state index < -0.39 is 0 Å². The standard InChI is InChI=1S/C22H33N5O2S/c1-16(2)8-9-18(4)23-20(28)15-30-22-25-24-21(26-10-12-29-13-11-26)27(22)19-7-5-6-17(3)14-19/h5-7,14,16,18H,8-13,15H2,1-4H3,(H,23,28)/t18-/m1/s1. The first-order valence-electron chi connectivity index (χ1n) is 10.7. The second-order valence-corrected chi connectivity index (χ2v) is 9.23. The molecule has 1 N–H and O–H groups in total. The van der Waals surface area contributed by atoms with Gasteiger partial charge in [0, 0.05) is 19.1 Å². The Morgan fingerprint density at radius 3 is 2.67 bits per heavy atom. The first-order chi connectivity index (χ1) is 14.4. The van der Waals surface area contributed by atoms with Crippen LogP contribution in [-0.4, -0.2) is 58.8 Å². The maximum absolute atomic E-state index is 12.5. The van der Waals surface area contributed by atoms with E-state index in [0.717, 1.165) is 42.7 Å². The van der Waals surface area contributed by atoms with Crippen LogP contribution in [0.3, 0.4) is 0 Å². The number of nitrogens with one attached hydrogen (secondary N) is 1. The van der Waals surface area contributed by atoms with Crippen molar-refractivity contribution in [2.75, 3.05) is 37.0 Å². The molecule has 164 valence electrons. The molecule has 7 nitrogen and oxygen atoms in total. The van der Waals surface area contributed by atoms with Crippen molar-refractivity contribution in [1.82, 2.24) is 20.1 Å². The van der Waals surface area contributed by atoms with E-state index in [2.05, 4.69) is 70.9 Å². The predicted octanol–water partition coefficient (Wildman–Crippen LogP) is 3.45. The zero-order valence-corrected chi connectivity index (χ0v) is 19.2. The van der Waals surface area contributed by atoms with Crippen LogP contribution in [0.1, 0.15) is 39.2 Å². The fourth-order valence-corrected chi connectivity index (χ4v) is 4.18. The van der Waals surface area contributed by atoms with Crippen molar-refractivity contribution in [3.8, 4) is 5.69 Å². The zero-order valence-electron chi connectivity index (χ0n) is 18.4. The number of nitrogens with zero attached hydrogens (tertiary/aromatic N) is 4. The quantitative estimate of drug-likeness (QED) is 0.613. The molecule has 0 saturated carbocycles. The lowest BCUT2D eigenvalue weighted by Crippen LogP contribution is -2.38. The maximum atomic E-state index is 12.5. The van der Waals surface area contributed by atoms with E-state index in [-0.39, 0.29) is 11.9 Å². The van der Waals surface area contributed by atoms with E-state index >= 15 is 0 Å². The van der Waals surface area contributed by atoms with Gasteiger partial charge in [-0.05, 0) is 50.3 Å². The molecule has 1 amide bonds. The average molecular weight is 432 g/mol. The van der Waals surface area contributed by atoms with Gasteiger partial charge in [-0.1, -0.05) is 37.7 Å². The summed E-state index contributed by atoms with van der Waals surface area (Å²) in [6.45, 7) is 11.5. The second-order valence-electron chi connectivity index (χ2n) is 8.28. The Morgan fingerprint density at radius 2 is 1.97 bits per heavy atom. The van der Waals surface area contributed by atoms with E-state index in [1.165, 1.54) is 17.3 Å². The number of thioether (sulfide) groups is 1. The Kier molecular flexibility index (Phi) is 8.16. The summed E-state index contributed by atoms with van der Waals surface area (Å²) in [7, 11) is 0. The van der Waals surface area contributed by atoms with Gasteiger partial charge in [0.2, 0.25) is 11.9 Å². The number of rotatable bonds is 9. The summed E-state index contributed by atoms with van der Waals surface area (Å²) in [5.41, 5.74) is 2.18. The van der Waals surface area contributed by atoms with Crippen LogP contribution in [0.2, 0.25) is 0 Å². The molecule has 1 aliphatic heterocycles. The number of morpholine rings is 1. The number of hydrogen-bond donors (Lipinski definition) is 1. The summed E-state index contributed by atoms with van der Waals surface area (Å²) in [4.78, 5) is 14.7. The van der Waals surface area contributed by atoms with Gasteiger partial charge in [-0.25, -0.2) is 0 Å². The fourth-order valence-electron chi connectivity index (χ4n) is 3.42. The topological polar surface area (TPSA) is 72.3 Å². The van der Waals surface area contributed by atoms with Gasteiger partial charge in [0.15, 0.2) is 5.16 Å². The summed E-state index contributed by atoms with van der Waals surface area (Å²) >= 11 is 1.43. The van der Waals surface area contributed by atoms with Gasteiger partial charge >= 0.3 is 0 Å². The molecule has 0 spiro atoms. The number of aromatic nitrogens is 3. The molecule has 2 heterocycles. The third-order valence-corrected chi connectivity index (χ3v) is 6.02. The Bertz CT molecular complexity index is 833. The number of amides is 1. The van der Waals surface area contributed by atoms with E-state index in [4.69, 9.17) is 4.74 Å². The van der Waals surface area contributed by atoms with Crippen LogP contribution >= 0.6 is 11.8 Å². The molecule has 1 aliphatic rings. The van der Waals surface area contributed by atoms with Gasteiger partial charge in [0.1, 0.15) is 0 Å². The fraction of sp³-hybridized carbons (Fsp3) is 0.591. The number of aryl methyl sites for hydroxylation is 1. The van der Waals surface area contributed by atoms with Gasteiger partial charge < -0.3 is 15.0 Å². The van der Waals surface area contributed by atoms with Crippen molar-refractivity contribution in [1.29, 1.82) is 0 Å². The highest BCUT2D eigenvalue weighted by molar-refractivity contribution is 7.99. The Balaban J connectivity index is 1.72. The van der Waals surface area contributed by atoms with Gasteiger partial charge in [0.05, 0.1) is 24.7 Å². The van der Waals surface area contributed by atoms with E-state index in [0.29, 0.717) is 24.9 Å². The minimum Gasteiger partial charge on any atom is -0.378 e. The summed E-state index contributed by atoms with van der Waals surface area (Å²) in [5.74, 6) is 1.80. The molecule has 0 unspecified atom stereocenters. The molecule has 0 aliphatic carbocycles. The van der Waals surface area contributed by atoms with Crippen LogP contribution in [0.15, 0.2) is 29.4 Å². The highest BCUT2D eigenvalue weighted by atomic mass is 32.2. The average Bonchev–Trinajstić information content (AvgIpc) is 3.15. The Labute approximate surface area is 183 Å². The van der Waals surface area contributed by atoms with Crippen molar-refractivity contribution >= 4 is 23.6 Å². The second kappa shape index (κ2) is 10.8. The van der Waals surface area contributed by atoms with E-state index in [9.17, 15) is 4.79 Å². The highest BCUT2D eigenvalue weighted by Crippen LogP contribution is 2.27. The third-order valence-electron chi connectivity index (χ3n) is 5.09. The molecule has 2 aromatic rings. The van der Waals surface area contributed by atoms with Crippen LogP contribution in [0.25, 0.3) is 5.69 Å². The van der Waals surface area contributed by atoms with E-state index in [1.807, 2.05) is 6.07 Å². The lowest BCUT2D eigenvalue weighted by molar-refractivity contribution is -0.119. The van der Waals surface area contributed by atoms with Gasteiger partial charge in [-0.15, -0.1) is 10.2 Å². The van der Waals surface area contributed by atoms with Gasteiger partial charge in [-0.2, -0.15) is 0 Å². The van der Waals surface area contributed by atoms with Crippen molar-refractivity contribution < 1.29 is 9.53 Å². The van der Waals surface area contributed by atoms with Crippen molar-refractivity contribution in [3.05, 3.63) is 29.8 Å². The summed E-state index contributed by atoms with van der Waals surface area (Å²) < 4.78 is 7.54. The Hall–Kier alpha value is -2.06. The van der Waals surface area contributed by atoms with Crippen LogP contribution in [0.4, 0.5) is 5.95 Å². The SMILES string of the molecule is Cc1cccc(-n2c(SCC(=O)N[C@H](C)CCC(C)C)nnc2N2CCOCC2)c1. The number of hydrogen-bond acceptors (Lipinski definition) is 6. The summed E-state index contributed by atoms with van der Waals surface area (Å²) in [6.07, 6.45) is 2.11. The minimum absolute atomic E-state index is 0.0305. The van der Waals surface area contributed by atoms with Crippen LogP contribution < -0.4 is 10.2 Å². The van der Waals surface area contributed by atoms with Crippen LogP contribution in [-0.2, 0) is 9.53 Å². The molecule has 30 heavy (non-hydrogen) atoms. The van der Waals surface area contributed by atoms with Gasteiger partial charge in [0.25, 0.3) is 0 Å². The number of anilines is 1. The molecule has 1 saturated heterocycles. The number of ether oxygens (including phenoxy) is 1. The van der Waals surface area contributed by atoms with Gasteiger partial charge in [-0.3, -0.25) is 9.36 Å². The molecule has 1 aromatic carbocycles. The summed E-state index contributed by atoms with van der Waals surface area (Å²) in [5, 5.41) is 12.7. The minimum atomic E-state index is 0.0305. The first kappa shape index (κ1) is 22.6. The van der Waals surface area contributed by atoms with Crippen molar-refractivity contribution in [3.63, 3.8) is 0 Å². The molecule has 8 heteroatoms. The smallest absolute Gasteiger partial charge is 0.232 e. The van der Waals surface area contributed by atoms with Crippen LogP contribution in [0, 0.1) is 12.8 Å². The van der Waals surface area contributed by atoms with Crippen molar-refractivity contribution in [2.45, 2.75) is 51.7 Å².